The number of nitrogens with zero attached hydrogens (tertiary/aromatic N) is 3. The molecule has 0 aliphatic rings. The summed E-state index contributed by atoms with van der Waals surface area (Å²) in [6, 6.07) is 14.0. The number of benzene rings is 2. The number of carbonyl (C=O) groups is 2. The highest BCUT2D eigenvalue weighted by Gasteiger charge is 2.12. The van der Waals surface area contributed by atoms with Crippen molar-refractivity contribution in [2.75, 3.05) is 19.5 Å². The van der Waals surface area contributed by atoms with Crippen LogP contribution in [-0.4, -0.2) is 42.4 Å². The number of ether oxygens (including phenoxy) is 2. The van der Waals surface area contributed by atoms with Crippen molar-refractivity contribution in [2.24, 2.45) is 5.10 Å². The fourth-order valence-electron chi connectivity index (χ4n) is 2.41. The second kappa shape index (κ2) is 10.1. The molecule has 2 amide bonds. The molecule has 0 fully saturated rings. The molecule has 0 atom stereocenters. The average molecular weight is 425 g/mol. The monoisotopic (exact) mass is 425 g/mol. The number of methoxy groups -OCH3 is 2. The lowest BCUT2D eigenvalue weighted by Gasteiger charge is -2.03. The second-order valence-corrected chi connectivity index (χ2v) is 6.96. The first-order valence-corrected chi connectivity index (χ1v) is 9.63. The summed E-state index contributed by atoms with van der Waals surface area (Å²) in [4.78, 5) is 24.3. The van der Waals surface area contributed by atoms with E-state index in [1.165, 1.54) is 6.21 Å². The smallest absolute Gasteiger partial charge is 0.257 e. The van der Waals surface area contributed by atoms with E-state index in [2.05, 4.69) is 26.0 Å². The molecule has 154 valence electrons. The molecule has 3 rings (SSSR count). The summed E-state index contributed by atoms with van der Waals surface area (Å²) >= 11 is 1.12. The first-order valence-electron chi connectivity index (χ1n) is 8.81. The molecule has 0 saturated carbocycles. The highest BCUT2D eigenvalue weighted by Crippen LogP contribution is 2.18. The molecule has 2 N–H and O–H groups in total. The lowest BCUT2D eigenvalue weighted by molar-refractivity contribution is -0.120. The molecule has 2 aromatic carbocycles. The summed E-state index contributed by atoms with van der Waals surface area (Å²) in [5.74, 6) is 0.623. The minimum absolute atomic E-state index is 0.0145. The Balaban J connectivity index is 1.52. The third-order valence-electron chi connectivity index (χ3n) is 3.88. The van der Waals surface area contributed by atoms with Crippen LogP contribution >= 0.6 is 11.3 Å². The van der Waals surface area contributed by atoms with Gasteiger partial charge < -0.3 is 9.47 Å². The van der Waals surface area contributed by atoms with Gasteiger partial charge in [0.25, 0.3) is 5.91 Å². The third kappa shape index (κ3) is 5.61. The normalized spacial score (nSPS) is 10.6. The molecular formula is C20H19N5O4S. The van der Waals surface area contributed by atoms with E-state index < -0.39 is 0 Å². The van der Waals surface area contributed by atoms with Crippen molar-refractivity contribution < 1.29 is 19.1 Å². The van der Waals surface area contributed by atoms with Crippen molar-refractivity contribution in [3.05, 3.63) is 64.7 Å². The third-order valence-corrected chi connectivity index (χ3v) is 4.72. The number of anilines is 1. The maximum Gasteiger partial charge on any atom is 0.257 e. The molecule has 0 unspecified atom stereocenters. The zero-order chi connectivity index (χ0) is 21.3. The van der Waals surface area contributed by atoms with Crippen LogP contribution in [-0.2, 0) is 11.2 Å². The quantitative estimate of drug-likeness (QED) is 0.423. The first-order chi connectivity index (χ1) is 14.6. The van der Waals surface area contributed by atoms with Crippen molar-refractivity contribution in [1.29, 1.82) is 0 Å². The Morgan fingerprint density at radius 2 is 1.83 bits per heavy atom. The summed E-state index contributed by atoms with van der Waals surface area (Å²) in [5.41, 5.74) is 3.62. The molecule has 30 heavy (non-hydrogen) atoms. The average Bonchev–Trinajstić information content (AvgIpc) is 3.20. The number of carbonyl (C=O) groups excluding carboxylic acids is 2. The van der Waals surface area contributed by atoms with Crippen molar-refractivity contribution in [3.8, 4) is 11.5 Å². The van der Waals surface area contributed by atoms with Gasteiger partial charge in [0.1, 0.15) is 16.5 Å². The molecule has 1 heterocycles. The van der Waals surface area contributed by atoms with E-state index in [1.807, 2.05) is 18.2 Å². The Morgan fingerprint density at radius 3 is 2.57 bits per heavy atom. The second-order valence-electron chi connectivity index (χ2n) is 5.90. The number of aromatic nitrogens is 2. The molecule has 10 heteroatoms. The lowest BCUT2D eigenvalue weighted by Crippen LogP contribution is -2.19. The summed E-state index contributed by atoms with van der Waals surface area (Å²) in [6.07, 6.45) is 1.48. The van der Waals surface area contributed by atoms with E-state index in [-0.39, 0.29) is 18.2 Å². The zero-order valence-electron chi connectivity index (χ0n) is 16.3. The number of amides is 2. The topological polar surface area (TPSA) is 115 Å². The number of para-hydroxylation sites is 1. The fourth-order valence-corrected chi connectivity index (χ4v) is 3.14. The van der Waals surface area contributed by atoms with Crippen molar-refractivity contribution in [2.45, 2.75) is 6.42 Å². The maximum absolute atomic E-state index is 12.3. The van der Waals surface area contributed by atoms with E-state index in [0.717, 1.165) is 16.9 Å². The Bertz CT molecular complexity index is 1050. The number of rotatable bonds is 8. The van der Waals surface area contributed by atoms with Gasteiger partial charge in [-0.25, -0.2) is 5.43 Å². The van der Waals surface area contributed by atoms with E-state index in [1.54, 1.807) is 44.6 Å². The molecule has 1 aromatic heterocycles. The first kappa shape index (κ1) is 20.9. The van der Waals surface area contributed by atoms with Crippen LogP contribution in [0.25, 0.3) is 0 Å². The SMILES string of the molecule is COc1ccc(C(=O)Nc2nnc(CC(=O)NN=Cc3ccccc3OC)s2)cc1. The van der Waals surface area contributed by atoms with Crippen molar-refractivity contribution in [1.82, 2.24) is 15.6 Å². The van der Waals surface area contributed by atoms with Gasteiger partial charge in [0.2, 0.25) is 11.0 Å². The summed E-state index contributed by atoms with van der Waals surface area (Å²) < 4.78 is 10.3. The number of nitrogens with one attached hydrogen (secondary N) is 2. The van der Waals surface area contributed by atoms with Gasteiger partial charge in [0.05, 0.1) is 26.9 Å². The molecule has 0 bridgehead atoms. The Morgan fingerprint density at radius 1 is 1.07 bits per heavy atom. The molecule has 0 aliphatic heterocycles. The summed E-state index contributed by atoms with van der Waals surface area (Å²) in [5, 5.41) is 15.2. The van der Waals surface area contributed by atoms with Crippen molar-refractivity contribution >= 4 is 34.5 Å². The minimum Gasteiger partial charge on any atom is -0.497 e. The van der Waals surface area contributed by atoms with Crippen LogP contribution in [0.1, 0.15) is 20.9 Å². The van der Waals surface area contributed by atoms with E-state index >= 15 is 0 Å². The lowest BCUT2D eigenvalue weighted by atomic mass is 10.2. The summed E-state index contributed by atoms with van der Waals surface area (Å²) in [6.45, 7) is 0. The maximum atomic E-state index is 12.3. The van der Waals surface area contributed by atoms with Gasteiger partial charge in [-0.15, -0.1) is 10.2 Å². The van der Waals surface area contributed by atoms with Gasteiger partial charge in [0, 0.05) is 11.1 Å². The van der Waals surface area contributed by atoms with E-state index in [0.29, 0.717) is 27.2 Å². The molecule has 0 spiro atoms. The highest BCUT2D eigenvalue weighted by molar-refractivity contribution is 7.15. The highest BCUT2D eigenvalue weighted by atomic mass is 32.1. The van der Waals surface area contributed by atoms with Gasteiger partial charge in [-0.3, -0.25) is 14.9 Å². The number of hydrogen-bond donors (Lipinski definition) is 2. The molecule has 3 aromatic rings. The standard InChI is InChI=1S/C20H19N5O4S/c1-28-15-9-7-13(8-10-15)19(27)22-20-25-24-18(30-20)11-17(26)23-21-12-14-5-3-4-6-16(14)29-2/h3-10,12H,11H2,1-2H3,(H,23,26)(H,22,25,27). The Hall–Kier alpha value is -3.79. The van der Waals surface area contributed by atoms with Gasteiger partial charge in [-0.2, -0.15) is 5.10 Å². The van der Waals surface area contributed by atoms with Crippen LogP contribution in [0, 0.1) is 0 Å². The minimum atomic E-state index is -0.356. The van der Waals surface area contributed by atoms with Crippen LogP contribution in [0.4, 0.5) is 5.13 Å². The van der Waals surface area contributed by atoms with Crippen LogP contribution < -0.4 is 20.2 Å². The summed E-state index contributed by atoms with van der Waals surface area (Å²) in [7, 11) is 3.11. The van der Waals surface area contributed by atoms with Gasteiger partial charge >= 0.3 is 0 Å². The van der Waals surface area contributed by atoms with Crippen LogP contribution in [0.15, 0.2) is 53.6 Å². The molecule has 0 saturated heterocycles. The molecule has 9 nitrogen and oxygen atoms in total. The van der Waals surface area contributed by atoms with E-state index in [4.69, 9.17) is 9.47 Å². The van der Waals surface area contributed by atoms with Gasteiger partial charge in [0.15, 0.2) is 0 Å². The largest absolute Gasteiger partial charge is 0.497 e. The molecular weight excluding hydrogens is 406 g/mol. The molecule has 0 radical (unpaired) electrons. The predicted molar refractivity (Wildman–Crippen MR) is 113 cm³/mol. The number of hydrogen-bond acceptors (Lipinski definition) is 8. The zero-order valence-corrected chi connectivity index (χ0v) is 17.1. The Labute approximate surface area is 176 Å². The van der Waals surface area contributed by atoms with E-state index in [9.17, 15) is 9.59 Å². The molecule has 0 aliphatic carbocycles. The van der Waals surface area contributed by atoms with Gasteiger partial charge in [-0.05, 0) is 36.4 Å². The Kier molecular flexibility index (Phi) is 7.06. The van der Waals surface area contributed by atoms with Crippen molar-refractivity contribution in [3.63, 3.8) is 0 Å². The van der Waals surface area contributed by atoms with Gasteiger partial charge in [-0.1, -0.05) is 23.5 Å². The van der Waals surface area contributed by atoms with Crippen LogP contribution in [0.5, 0.6) is 11.5 Å². The van der Waals surface area contributed by atoms with Crippen LogP contribution in [0.2, 0.25) is 0 Å². The number of hydrazone groups is 1. The predicted octanol–water partition coefficient (Wildman–Crippen LogP) is 2.50. The van der Waals surface area contributed by atoms with Crippen LogP contribution in [0.3, 0.4) is 0 Å². The fraction of sp³-hybridized carbons (Fsp3) is 0.150.